The van der Waals surface area contributed by atoms with Crippen molar-refractivity contribution in [3.63, 3.8) is 0 Å². The summed E-state index contributed by atoms with van der Waals surface area (Å²) in [5.41, 5.74) is 0.649. The van der Waals surface area contributed by atoms with Crippen molar-refractivity contribution in [2.24, 2.45) is 0 Å². The minimum Gasteiger partial charge on any atom is -0.353 e. The van der Waals surface area contributed by atoms with Crippen LogP contribution in [-0.4, -0.2) is 23.5 Å². The number of hydrogen-bond donors (Lipinski definition) is 1. The van der Waals surface area contributed by atoms with Crippen molar-refractivity contribution < 1.29 is 9.59 Å². The standard InChI is InChI=1S/C14H19NO2S/c1-4-10(2)15-14(17)11(3)18-13-7-5-12(9-16)6-8-13/h5-11H,4H2,1-3H3,(H,15,17). The molecule has 2 atom stereocenters. The molecule has 0 fully saturated rings. The summed E-state index contributed by atoms with van der Waals surface area (Å²) in [6, 6.07) is 7.45. The first-order valence-corrected chi connectivity index (χ1v) is 6.97. The number of carbonyl (C=O) groups excluding carboxylic acids is 2. The van der Waals surface area contributed by atoms with E-state index in [0.29, 0.717) is 5.56 Å². The molecule has 3 nitrogen and oxygen atoms in total. The number of hydrogen-bond acceptors (Lipinski definition) is 3. The number of benzene rings is 1. The molecule has 1 rings (SSSR count). The molecule has 0 bridgehead atoms. The number of nitrogens with one attached hydrogen (secondary N) is 1. The maximum atomic E-state index is 11.9. The van der Waals surface area contributed by atoms with Crippen LogP contribution in [0.5, 0.6) is 0 Å². The average Bonchev–Trinajstić information content (AvgIpc) is 2.39. The van der Waals surface area contributed by atoms with E-state index < -0.39 is 0 Å². The molecule has 1 amide bonds. The second-order valence-corrected chi connectivity index (χ2v) is 5.68. The molecule has 2 unspecified atom stereocenters. The van der Waals surface area contributed by atoms with Crippen molar-refractivity contribution in [3.05, 3.63) is 29.8 Å². The maximum absolute atomic E-state index is 11.9. The van der Waals surface area contributed by atoms with Gasteiger partial charge in [0.25, 0.3) is 0 Å². The highest BCUT2D eigenvalue weighted by Crippen LogP contribution is 2.23. The van der Waals surface area contributed by atoms with Gasteiger partial charge >= 0.3 is 0 Å². The molecule has 98 valence electrons. The molecule has 1 aromatic rings. The van der Waals surface area contributed by atoms with E-state index in [2.05, 4.69) is 5.32 Å². The van der Waals surface area contributed by atoms with Gasteiger partial charge in [0, 0.05) is 16.5 Å². The molecule has 18 heavy (non-hydrogen) atoms. The lowest BCUT2D eigenvalue weighted by molar-refractivity contribution is -0.120. The van der Waals surface area contributed by atoms with Crippen molar-refractivity contribution in [1.82, 2.24) is 5.32 Å². The Morgan fingerprint density at radius 2 is 1.94 bits per heavy atom. The molecule has 0 aliphatic carbocycles. The third-order valence-corrected chi connectivity index (χ3v) is 3.81. The van der Waals surface area contributed by atoms with Crippen molar-refractivity contribution in [3.8, 4) is 0 Å². The zero-order chi connectivity index (χ0) is 13.5. The van der Waals surface area contributed by atoms with Gasteiger partial charge in [-0.05, 0) is 32.4 Å². The van der Waals surface area contributed by atoms with Crippen LogP contribution >= 0.6 is 11.8 Å². The molecular weight excluding hydrogens is 246 g/mol. The van der Waals surface area contributed by atoms with Gasteiger partial charge in [0.1, 0.15) is 6.29 Å². The molecule has 0 aromatic heterocycles. The fourth-order valence-electron chi connectivity index (χ4n) is 1.34. The van der Waals surface area contributed by atoms with Gasteiger partial charge < -0.3 is 5.32 Å². The minimum atomic E-state index is -0.138. The summed E-state index contributed by atoms with van der Waals surface area (Å²) in [4.78, 5) is 23.4. The van der Waals surface area contributed by atoms with Crippen LogP contribution in [0.15, 0.2) is 29.2 Å². The van der Waals surface area contributed by atoms with E-state index in [1.54, 1.807) is 12.1 Å². The predicted molar refractivity (Wildman–Crippen MR) is 75.0 cm³/mol. The van der Waals surface area contributed by atoms with E-state index in [9.17, 15) is 9.59 Å². The highest BCUT2D eigenvalue weighted by atomic mass is 32.2. The Hall–Kier alpha value is -1.29. The summed E-state index contributed by atoms with van der Waals surface area (Å²) < 4.78 is 0. The number of rotatable bonds is 6. The number of aldehydes is 1. The summed E-state index contributed by atoms with van der Waals surface area (Å²) >= 11 is 1.50. The Balaban J connectivity index is 2.54. The van der Waals surface area contributed by atoms with Gasteiger partial charge in [0.2, 0.25) is 5.91 Å². The van der Waals surface area contributed by atoms with E-state index in [1.807, 2.05) is 32.9 Å². The monoisotopic (exact) mass is 265 g/mol. The van der Waals surface area contributed by atoms with Gasteiger partial charge in [0.05, 0.1) is 5.25 Å². The molecule has 1 aromatic carbocycles. The number of thioether (sulfide) groups is 1. The summed E-state index contributed by atoms with van der Waals surface area (Å²) in [7, 11) is 0. The lowest BCUT2D eigenvalue weighted by Crippen LogP contribution is -2.37. The smallest absolute Gasteiger partial charge is 0.233 e. The highest BCUT2D eigenvalue weighted by molar-refractivity contribution is 8.00. The normalized spacial score (nSPS) is 13.7. The van der Waals surface area contributed by atoms with Crippen LogP contribution in [0.1, 0.15) is 37.6 Å². The first kappa shape index (κ1) is 14.8. The molecule has 1 N–H and O–H groups in total. The summed E-state index contributed by atoms with van der Waals surface area (Å²) in [6.45, 7) is 5.92. The molecule has 4 heteroatoms. The molecule has 0 aliphatic heterocycles. The van der Waals surface area contributed by atoms with Crippen molar-refractivity contribution in [1.29, 1.82) is 0 Å². The van der Waals surface area contributed by atoms with Gasteiger partial charge in [-0.2, -0.15) is 0 Å². The highest BCUT2D eigenvalue weighted by Gasteiger charge is 2.15. The Kier molecular flexibility index (Phi) is 5.92. The van der Waals surface area contributed by atoms with Crippen LogP contribution in [0.25, 0.3) is 0 Å². The second-order valence-electron chi connectivity index (χ2n) is 4.26. The van der Waals surface area contributed by atoms with Crippen LogP contribution in [0.3, 0.4) is 0 Å². The van der Waals surface area contributed by atoms with E-state index in [0.717, 1.165) is 17.6 Å². The largest absolute Gasteiger partial charge is 0.353 e. The lowest BCUT2D eigenvalue weighted by atomic mass is 10.2. The SMILES string of the molecule is CCC(C)NC(=O)C(C)Sc1ccc(C=O)cc1. The number of carbonyl (C=O) groups is 2. The third kappa shape index (κ3) is 4.53. The first-order chi connectivity index (χ1) is 8.56. The van der Waals surface area contributed by atoms with Gasteiger partial charge in [-0.25, -0.2) is 0 Å². The van der Waals surface area contributed by atoms with Gasteiger partial charge in [-0.15, -0.1) is 11.8 Å². The molecule has 0 saturated heterocycles. The van der Waals surface area contributed by atoms with Crippen LogP contribution in [0.4, 0.5) is 0 Å². The van der Waals surface area contributed by atoms with Crippen LogP contribution in [0.2, 0.25) is 0 Å². The second kappa shape index (κ2) is 7.21. The van der Waals surface area contributed by atoms with Crippen molar-refractivity contribution in [2.75, 3.05) is 0 Å². The molecule has 0 heterocycles. The fourth-order valence-corrected chi connectivity index (χ4v) is 2.22. The quantitative estimate of drug-likeness (QED) is 0.635. The average molecular weight is 265 g/mol. The van der Waals surface area contributed by atoms with E-state index in [1.165, 1.54) is 11.8 Å². The summed E-state index contributed by atoms with van der Waals surface area (Å²) in [5.74, 6) is 0.0498. The fraction of sp³-hybridized carbons (Fsp3) is 0.429. The van der Waals surface area contributed by atoms with E-state index in [4.69, 9.17) is 0 Å². The lowest BCUT2D eigenvalue weighted by Gasteiger charge is -2.16. The number of amides is 1. The van der Waals surface area contributed by atoms with Crippen LogP contribution in [0, 0.1) is 0 Å². The summed E-state index contributed by atoms with van der Waals surface area (Å²) in [5, 5.41) is 2.82. The topological polar surface area (TPSA) is 46.2 Å². The Morgan fingerprint density at radius 1 is 1.33 bits per heavy atom. The first-order valence-electron chi connectivity index (χ1n) is 6.09. The maximum Gasteiger partial charge on any atom is 0.233 e. The molecule has 0 saturated carbocycles. The molecule has 0 aliphatic rings. The summed E-state index contributed by atoms with van der Waals surface area (Å²) in [6.07, 6.45) is 1.74. The molecule has 0 spiro atoms. The molecule has 0 radical (unpaired) electrons. The predicted octanol–water partition coefficient (Wildman–Crippen LogP) is 2.89. The van der Waals surface area contributed by atoms with Crippen LogP contribution in [-0.2, 0) is 4.79 Å². The zero-order valence-corrected chi connectivity index (χ0v) is 11.8. The zero-order valence-electron chi connectivity index (χ0n) is 11.0. The van der Waals surface area contributed by atoms with Crippen molar-refractivity contribution >= 4 is 24.0 Å². The Bertz CT molecular complexity index is 403. The molecular formula is C14H19NO2S. The third-order valence-electron chi connectivity index (χ3n) is 2.70. The Morgan fingerprint density at radius 3 is 2.44 bits per heavy atom. The minimum absolute atomic E-state index is 0.0498. The van der Waals surface area contributed by atoms with Gasteiger partial charge in [0.15, 0.2) is 0 Å². The van der Waals surface area contributed by atoms with E-state index >= 15 is 0 Å². The van der Waals surface area contributed by atoms with Crippen LogP contribution < -0.4 is 5.32 Å². The van der Waals surface area contributed by atoms with Gasteiger partial charge in [-0.3, -0.25) is 9.59 Å². The van der Waals surface area contributed by atoms with E-state index in [-0.39, 0.29) is 17.2 Å². The Labute approximate surface area is 112 Å². The van der Waals surface area contributed by atoms with Crippen molar-refractivity contribution in [2.45, 2.75) is 43.4 Å². The van der Waals surface area contributed by atoms with Gasteiger partial charge in [-0.1, -0.05) is 19.1 Å².